The van der Waals surface area contributed by atoms with Crippen LogP contribution in [0.4, 0.5) is 0 Å². The largest absolute Gasteiger partial charge is 0.396 e. The van der Waals surface area contributed by atoms with Gasteiger partial charge in [-0.25, -0.2) is 0 Å². The Morgan fingerprint density at radius 2 is 1.65 bits per heavy atom. The molecule has 1 fully saturated rings. The molecule has 0 aromatic rings. The van der Waals surface area contributed by atoms with Crippen LogP contribution < -0.4 is 0 Å². The summed E-state index contributed by atoms with van der Waals surface area (Å²) in [5.41, 5.74) is 0. The highest BCUT2D eigenvalue weighted by Gasteiger charge is 2.13. The van der Waals surface area contributed by atoms with Crippen LogP contribution in [0.2, 0.25) is 0 Å². The van der Waals surface area contributed by atoms with E-state index in [1.807, 2.05) is 0 Å². The summed E-state index contributed by atoms with van der Waals surface area (Å²) in [5, 5.41) is 8.63. The molecule has 3 heteroatoms. The highest BCUT2D eigenvalue weighted by Crippen LogP contribution is 2.14. The fourth-order valence-electron chi connectivity index (χ4n) is 2.16. The molecule has 0 radical (unpaired) electrons. The summed E-state index contributed by atoms with van der Waals surface area (Å²) in [7, 11) is 0. The van der Waals surface area contributed by atoms with Crippen LogP contribution in [-0.4, -0.2) is 31.2 Å². The Balaban J connectivity index is 1.75. The van der Waals surface area contributed by atoms with Gasteiger partial charge in [0.25, 0.3) is 0 Å². The van der Waals surface area contributed by atoms with Gasteiger partial charge in [-0.15, -0.1) is 0 Å². The van der Waals surface area contributed by atoms with Gasteiger partial charge in [0.15, 0.2) is 6.29 Å². The first kappa shape index (κ1) is 14.9. The van der Waals surface area contributed by atoms with Gasteiger partial charge in [0, 0.05) is 19.8 Å². The molecule has 0 aromatic heterocycles. The number of unbranched alkanes of at least 4 members (excludes halogenated alkanes) is 6. The van der Waals surface area contributed by atoms with E-state index >= 15 is 0 Å². The van der Waals surface area contributed by atoms with Crippen LogP contribution in [0.25, 0.3) is 0 Å². The lowest BCUT2D eigenvalue weighted by atomic mass is 10.1. The van der Waals surface area contributed by atoms with Crippen LogP contribution in [0.1, 0.15) is 64.2 Å². The summed E-state index contributed by atoms with van der Waals surface area (Å²) < 4.78 is 11.2. The van der Waals surface area contributed by atoms with E-state index in [1.165, 1.54) is 44.9 Å². The molecule has 17 heavy (non-hydrogen) atoms. The van der Waals surface area contributed by atoms with Crippen LogP contribution in [0, 0.1) is 0 Å². The van der Waals surface area contributed by atoms with Crippen molar-refractivity contribution in [1.29, 1.82) is 0 Å². The zero-order valence-electron chi connectivity index (χ0n) is 11.0. The molecule has 1 aliphatic rings. The first-order valence-electron chi connectivity index (χ1n) is 7.27. The van der Waals surface area contributed by atoms with E-state index in [2.05, 4.69) is 0 Å². The van der Waals surface area contributed by atoms with Crippen molar-refractivity contribution in [2.45, 2.75) is 70.5 Å². The maximum atomic E-state index is 8.63. The molecule has 0 spiro atoms. The van der Waals surface area contributed by atoms with E-state index in [4.69, 9.17) is 14.6 Å². The molecule has 0 aromatic carbocycles. The minimum Gasteiger partial charge on any atom is -0.396 e. The number of ether oxygens (including phenoxy) is 2. The SMILES string of the molecule is OCCCCCCCCCOC1CCCCO1. The van der Waals surface area contributed by atoms with Crippen molar-refractivity contribution in [3.8, 4) is 0 Å². The van der Waals surface area contributed by atoms with Crippen molar-refractivity contribution in [2.24, 2.45) is 0 Å². The average Bonchev–Trinajstić information content (AvgIpc) is 2.38. The smallest absolute Gasteiger partial charge is 0.157 e. The zero-order valence-corrected chi connectivity index (χ0v) is 11.0. The van der Waals surface area contributed by atoms with Gasteiger partial charge in [-0.3, -0.25) is 0 Å². The molecule has 0 amide bonds. The van der Waals surface area contributed by atoms with Crippen LogP contribution in [0.3, 0.4) is 0 Å². The lowest BCUT2D eigenvalue weighted by molar-refractivity contribution is -0.162. The first-order chi connectivity index (χ1) is 8.43. The predicted octanol–water partition coefficient (Wildman–Crippen LogP) is 3.25. The molecular formula is C14H28O3. The lowest BCUT2D eigenvalue weighted by Gasteiger charge is -2.22. The third-order valence-electron chi connectivity index (χ3n) is 3.24. The zero-order chi connectivity index (χ0) is 12.2. The molecule has 1 unspecified atom stereocenters. The van der Waals surface area contributed by atoms with Gasteiger partial charge in [0.05, 0.1) is 0 Å². The minimum absolute atomic E-state index is 0.0771. The quantitative estimate of drug-likeness (QED) is 0.599. The normalized spacial score (nSPS) is 20.6. The molecule has 1 atom stereocenters. The highest BCUT2D eigenvalue weighted by atomic mass is 16.7. The van der Waals surface area contributed by atoms with Crippen LogP contribution in [0.5, 0.6) is 0 Å². The Morgan fingerprint density at radius 1 is 0.941 bits per heavy atom. The van der Waals surface area contributed by atoms with Crippen molar-refractivity contribution >= 4 is 0 Å². The Morgan fingerprint density at radius 3 is 2.29 bits per heavy atom. The number of hydrogen-bond acceptors (Lipinski definition) is 3. The standard InChI is InChI=1S/C14H28O3/c15-11-7-4-2-1-3-5-8-12-16-14-10-6-9-13-17-14/h14-15H,1-13H2. The van der Waals surface area contributed by atoms with Crippen molar-refractivity contribution in [2.75, 3.05) is 19.8 Å². The van der Waals surface area contributed by atoms with Crippen LogP contribution in [0.15, 0.2) is 0 Å². The van der Waals surface area contributed by atoms with E-state index in [0.29, 0.717) is 6.61 Å². The van der Waals surface area contributed by atoms with Gasteiger partial charge in [-0.2, -0.15) is 0 Å². The number of aliphatic hydroxyl groups is 1. The van der Waals surface area contributed by atoms with Crippen molar-refractivity contribution in [1.82, 2.24) is 0 Å². The van der Waals surface area contributed by atoms with E-state index in [1.54, 1.807) is 0 Å². The number of rotatable bonds is 10. The summed E-state index contributed by atoms with van der Waals surface area (Å²) in [4.78, 5) is 0. The van der Waals surface area contributed by atoms with E-state index < -0.39 is 0 Å². The maximum Gasteiger partial charge on any atom is 0.157 e. The molecule has 0 aliphatic carbocycles. The third-order valence-corrected chi connectivity index (χ3v) is 3.24. The van der Waals surface area contributed by atoms with E-state index in [0.717, 1.165) is 32.5 Å². The summed E-state index contributed by atoms with van der Waals surface area (Å²) in [6.07, 6.45) is 12.0. The van der Waals surface area contributed by atoms with Gasteiger partial charge >= 0.3 is 0 Å². The third kappa shape index (κ3) is 8.58. The van der Waals surface area contributed by atoms with Crippen LogP contribution in [-0.2, 0) is 9.47 Å². The van der Waals surface area contributed by atoms with Crippen LogP contribution >= 0.6 is 0 Å². The average molecular weight is 244 g/mol. The second-order valence-corrected chi connectivity index (χ2v) is 4.87. The molecule has 1 rings (SSSR count). The molecule has 1 heterocycles. The van der Waals surface area contributed by atoms with Crippen molar-refractivity contribution < 1.29 is 14.6 Å². The molecule has 0 bridgehead atoms. The second kappa shape index (κ2) is 11.0. The van der Waals surface area contributed by atoms with E-state index in [-0.39, 0.29) is 6.29 Å². The molecule has 102 valence electrons. The molecule has 0 saturated carbocycles. The monoisotopic (exact) mass is 244 g/mol. The van der Waals surface area contributed by atoms with Gasteiger partial charge in [-0.1, -0.05) is 32.1 Å². The lowest BCUT2D eigenvalue weighted by Crippen LogP contribution is -2.22. The Bertz CT molecular complexity index is 156. The van der Waals surface area contributed by atoms with Gasteiger partial charge in [-0.05, 0) is 32.1 Å². The second-order valence-electron chi connectivity index (χ2n) is 4.87. The summed E-state index contributed by atoms with van der Waals surface area (Å²) in [6, 6.07) is 0. The summed E-state index contributed by atoms with van der Waals surface area (Å²) in [6.45, 7) is 2.06. The molecule has 3 nitrogen and oxygen atoms in total. The number of hydrogen-bond donors (Lipinski definition) is 1. The first-order valence-corrected chi connectivity index (χ1v) is 7.27. The van der Waals surface area contributed by atoms with Crippen molar-refractivity contribution in [3.05, 3.63) is 0 Å². The van der Waals surface area contributed by atoms with Gasteiger partial charge < -0.3 is 14.6 Å². The van der Waals surface area contributed by atoms with Gasteiger partial charge in [0.1, 0.15) is 0 Å². The molecular weight excluding hydrogens is 216 g/mol. The molecule has 1 N–H and O–H groups in total. The molecule has 1 aliphatic heterocycles. The van der Waals surface area contributed by atoms with Gasteiger partial charge in [0.2, 0.25) is 0 Å². The fraction of sp³-hybridized carbons (Fsp3) is 1.00. The maximum absolute atomic E-state index is 8.63. The Kier molecular flexibility index (Phi) is 9.66. The summed E-state index contributed by atoms with van der Waals surface area (Å²) >= 11 is 0. The number of aliphatic hydroxyl groups excluding tert-OH is 1. The van der Waals surface area contributed by atoms with Crippen molar-refractivity contribution in [3.63, 3.8) is 0 Å². The fourth-order valence-corrected chi connectivity index (χ4v) is 2.16. The van der Waals surface area contributed by atoms with E-state index in [9.17, 15) is 0 Å². The predicted molar refractivity (Wildman–Crippen MR) is 68.9 cm³/mol. The Hall–Kier alpha value is -0.120. The molecule has 1 saturated heterocycles. The minimum atomic E-state index is 0.0771. The topological polar surface area (TPSA) is 38.7 Å². The highest BCUT2D eigenvalue weighted by molar-refractivity contribution is 4.54. The Labute approximate surface area is 105 Å². The summed E-state index contributed by atoms with van der Waals surface area (Å²) in [5.74, 6) is 0.